The minimum atomic E-state index is 0.668. The summed E-state index contributed by atoms with van der Waals surface area (Å²) in [6, 6.07) is 6.44. The number of hydrogen-bond donors (Lipinski definition) is 0. The lowest BCUT2D eigenvalue weighted by Gasteiger charge is -2.36. The molecule has 7 heteroatoms. The monoisotopic (exact) mass is 365 g/mol. The predicted molar refractivity (Wildman–Crippen MR) is 107 cm³/mol. The van der Waals surface area contributed by atoms with Crippen LogP contribution in [0, 0.1) is 0 Å². The van der Waals surface area contributed by atoms with Crippen LogP contribution in [0.3, 0.4) is 0 Å². The lowest BCUT2D eigenvalue weighted by Crippen LogP contribution is -2.47. The Bertz CT molecular complexity index is 760. The van der Waals surface area contributed by atoms with E-state index < -0.39 is 0 Å². The number of rotatable bonds is 4. The van der Waals surface area contributed by atoms with Gasteiger partial charge in [0.2, 0.25) is 0 Å². The highest BCUT2D eigenvalue weighted by molar-refractivity contribution is 5.48. The number of aromatic nitrogens is 4. The maximum Gasteiger partial charge on any atom is 0.151 e. The van der Waals surface area contributed by atoms with Gasteiger partial charge < -0.3 is 14.7 Å². The molecule has 0 aromatic carbocycles. The summed E-state index contributed by atoms with van der Waals surface area (Å²) in [7, 11) is 0. The van der Waals surface area contributed by atoms with E-state index in [9.17, 15) is 0 Å². The Morgan fingerprint density at radius 3 is 1.85 bits per heavy atom. The summed E-state index contributed by atoms with van der Waals surface area (Å²) in [5.41, 5.74) is 1.21. The third-order valence-electron chi connectivity index (χ3n) is 5.91. The van der Waals surface area contributed by atoms with E-state index in [2.05, 4.69) is 53.1 Å². The molecule has 1 saturated carbocycles. The zero-order valence-corrected chi connectivity index (χ0v) is 15.8. The lowest BCUT2D eigenvalue weighted by atomic mass is 10.1. The summed E-state index contributed by atoms with van der Waals surface area (Å²) in [4.78, 5) is 16.0. The Labute approximate surface area is 160 Å². The molecule has 0 atom stereocenters. The Morgan fingerprint density at radius 1 is 0.667 bits per heavy atom. The summed E-state index contributed by atoms with van der Waals surface area (Å²) in [6.45, 7) is 6.01. The van der Waals surface area contributed by atoms with Gasteiger partial charge in [-0.1, -0.05) is 0 Å². The Kier molecular flexibility index (Phi) is 4.51. The van der Waals surface area contributed by atoms with Crippen LogP contribution in [-0.2, 0) is 0 Å². The van der Waals surface area contributed by atoms with Gasteiger partial charge in [-0.3, -0.25) is 0 Å². The molecule has 142 valence electrons. The summed E-state index contributed by atoms with van der Waals surface area (Å²) in [6.07, 6.45) is 8.13. The average molecular weight is 365 g/mol. The van der Waals surface area contributed by atoms with E-state index in [1.54, 1.807) is 6.33 Å². The lowest BCUT2D eigenvalue weighted by molar-refractivity contribution is 0.570. The van der Waals surface area contributed by atoms with Crippen LogP contribution in [0.2, 0.25) is 0 Å². The van der Waals surface area contributed by atoms with E-state index in [-0.39, 0.29) is 0 Å². The van der Waals surface area contributed by atoms with Gasteiger partial charge in [0.25, 0.3) is 0 Å². The molecule has 7 nitrogen and oxygen atoms in total. The van der Waals surface area contributed by atoms with Crippen LogP contribution in [0.4, 0.5) is 17.5 Å². The fourth-order valence-corrected chi connectivity index (χ4v) is 4.08. The minimum Gasteiger partial charge on any atom is -0.355 e. The molecule has 2 aliphatic heterocycles. The molecule has 3 aliphatic rings. The molecular formula is C20H27N7. The normalized spacial score (nSPS) is 20.8. The first-order valence-electron chi connectivity index (χ1n) is 10.3. The first kappa shape index (κ1) is 16.7. The Balaban J connectivity index is 1.20. The van der Waals surface area contributed by atoms with Crippen LogP contribution in [-0.4, -0.2) is 59.4 Å². The van der Waals surface area contributed by atoms with Crippen molar-refractivity contribution < 1.29 is 0 Å². The molecule has 1 aliphatic carbocycles. The maximum atomic E-state index is 4.51. The van der Waals surface area contributed by atoms with Crippen LogP contribution in [0.25, 0.3) is 0 Å². The Morgan fingerprint density at radius 2 is 1.26 bits per heavy atom. The number of piperazine rings is 1. The van der Waals surface area contributed by atoms with Crippen molar-refractivity contribution in [1.82, 2.24) is 20.2 Å². The first-order valence-corrected chi connectivity index (χ1v) is 10.3. The molecule has 3 fully saturated rings. The van der Waals surface area contributed by atoms with Crippen molar-refractivity contribution >= 4 is 17.5 Å². The van der Waals surface area contributed by atoms with Crippen LogP contribution in [0.5, 0.6) is 0 Å². The number of nitrogens with zero attached hydrogens (tertiary/aromatic N) is 7. The SMILES string of the molecule is c1nc(C2CC2)cc(N2CCN(c3ccc(N4CCCCC4)nn3)CC2)n1. The second-order valence-electron chi connectivity index (χ2n) is 7.85. The van der Waals surface area contributed by atoms with Gasteiger partial charge in [-0.05, 0) is 44.2 Å². The first-order chi connectivity index (χ1) is 13.4. The molecule has 5 rings (SSSR count). The molecule has 4 heterocycles. The van der Waals surface area contributed by atoms with E-state index in [1.165, 1.54) is 37.8 Å². The second-order valence-corrected chi connectivity index (χ2v) is 7.85. The number of anilines is 3. The molecular weight excluding hydrogens is 338 g/mol. The highest BCUT2D eigenvalue weighted by atomic mass is 15.3. The maximum absolute atomic E-state index is 4.51. The quantitative estimate of drug-likeness (QED) is 0.825. The Hall–Kier alpha value is -2.44. The van der Waals surface area contributed by atoms with Gasteiger partial charge in [0, 0.05) is 56.9 Å². The van der Waals surface area contributed by atoms with Crippen LogP contribution < -0.4 is 14.7 Å². The van der Waals surface area contributed by atoms with Gasteiger partial charge >= 0.3 is 0 Å². The van der Waals surface area contributed by atoms with Gasteiger partial charge in [0.1, 0.15) is 12.1 Å². The van der Waals surface area contributed by atoms with E-state index in [0.717, 1.165) is 56.7 Å². The molecule has 2 saturated heterocycles. The van der Waals surface area contributed by atoms with Crippen molar-refractivity contribution in [3.63, 3.8) is 0 Å². The van der Waals surface area contributed by atoms with Crippen LogP contribution >= 0.6 is 0 Å². The molecule has 0 radical (unpaired) electrons. The van der Waals surface area contributed by atoms with Crippen LogP contribution in [0.1, 0.15) is 43.7 Å². The summed E-state index contributed by atoms with van der Waals surface area (Å²) < 4.78 is 0. The van der Waals surface area contributed by atoms with Gasteiger partial charge in [0.15, 0.2) is 11.6 Å². The molecule has 0 amide bonds. The zero-order chi connectivity index (χ0) is 18.1. The molecule has 0 spiro atoms. The minimum absolute atomic E-state index is 0.668. The third-order valence-corrected chi connectivity index (χ3v) is 5.91. The van der Waals surface area contributed by atoms with E-state index >= 15 is 0 Å². The van der Waals surface area contributed by atoms with E-state index in [4.69, 9.17) is 0 Å². The highest BCUT2D eigenvalue weighted by Crippen LogP contribution is 2.39. The van der Waals surface area contributed by atoms with Crippen molar-refractivity contribution in [2.75, 3.05) is 54.0 Å². The van der Waals surface area contributed by atoms with Crippen molar-refractivity contribution in [2.45, 2.75) is 38.0 Å². The molecule has 27 heavy (non-hydrogen) atoms. The van der Waals surface area contributed by atoms with E-state index in [0.29, 0.717) is 5.92 Å². The van der Waals surface area contributed by atoms with Gasteiger partial charge in [-0.25, -0.2) is 9.97 Å². The van der Waals surface area contributed by atoms with Gasteiger partial charge in [0.05, 0.1) is 0 Å². The average Bonchev–Trinajstić information content (AvgIpc) is 3.60. The predicted octanol–water partition coefficient (Wildman–Crippen LogP) is 2.46. The largest absolute Gasteiger partial charge is 0.355 e. The molecule has 2 aromatic heterocycles. The number of hydrogen-bond acceptors (Lipinski definition) is 7. The molecule has 0 N–H and O–H groups in total. The second kappa shape index (κ2) is 7.29. The molecule has 0 bridgehead atoms. The standard InChI is InChI=1S/C20H27N7/c1-2-8-25(9-3-1)18-6-7-19(24-23-18)26-10-12-27(13-11-26)20-14-17(16-4-5-16)21-15-22-20/h6-7,14-16H,1-5,8-13H2. The van der Waals surface area contributed by atoms with Crippen molar-refractivity contribution in [3.05, 3.63) is 30.2 Å². The van der Waals surface area contributed by atoms with E-state index in [1.807, 2.05) is 0 Å². The van der Waals surface area contributed by atoms with Crippen molar-refractivity contribution in [1.29, 1.82) is 0 Å². The van der Waals surface area contributed by atoms with Gasteiger partial charge in [-0.2, -0.15) is 0 Å². The molecule has 0 unspecified atom stereocenters. The summed E-state index contributed by atoms with van der Waals surface area (Å²) in [5, 5.41) is 9.00. The highest BCUT2D eigenvalue weighted by Gasteiger charge is 2.26. The fourth-order valence-electron chi connectivity index (χ4n) is 4.08. The summed E-state index contributed by atoms with van der Waals surface area (Å²) in [5.74, 6) is 3.74. The summed E-state index contributed by atoms with van der Waals surface area (Å²) >= 11 is 0. The third kappa shape index (κ3) is 3.68. The number of piperidine rings is 1. The van der Waals surface area contributed by atoms with Crippen molar-refractivity contribution in [3.8, 4) is 0 Å². The van der Waals surface area contributed by atoms with Crippen molar-refractivity contribution in [2.24, 2.45) is 0 Å². The smallest absolute Gasteiger partial charge is 0.151 e. The molecule has 2 aromatic rings. The fraction of sp³-hybridized carbons (Fsp3) is 0.600. The van der Waals surface area contributed by atoms with Gasteiger partial charge in [-0.15, -0.1) is 10.2 Å². The van der Waals surface area contributed by atoms with Crippen LogP contribution in [0.15, 0.2) is 24.5 Å². The topological polar surface area (TPSA) is 61.3 Å². The zero-order valence-electron chi connectivity index (χ0n) is 15.8.